The zero-order valence-electron chi connectivity index (χ0n) is 9.15. The molecule has 0 aliphatic rings. The van der Waals surface area contributed by atoms with Gasteiger partial charge in [0, 0.05) is 16.1 Å². The Labute approximate surface area is 109 Å². The molecule has 0 aliphatic carbocycles. The minimum atomic E-state index is 0.355. The van der Waals surface area contributed by atoms with Crippen molar-refractivity contribution >= 4 is 23.2 Å². The first-order chi connectivity index (χ1) is 8.18. The van der Waals surface area contributed by atoms with Gasteiger partial charge in [-0.25, -0.2) is 9.97 Å². The van der Waals surface area contributed by atoms with Crippen LogP contribution in [0.4, 0.5) is 0 Å². The highest BCUT2D eigenvalue weighted by atomic mass is 35.5. The predicted octanol–water partition coefficient (Wildman–Crippen LogP) is 3.67. The van der Waals surface area contributed by atoms with Crippen LogP contribution in [-0.4, -0.2) is 9.97 Å². The summed E-state index contributed by atoms with van der Waals surface area (Å²) in [4.78, 5) is 7.88. The van der Waals surface area contributed by atoms with Crippen molar-refractivity contribution in [2.24, 2.45) is 0 Å². The highest BCUT2D eigenvalue weighted by Gasteiger charge is 2.07. The van der Waals surface area contributed by atoms with Crippen molar-refractivity contribution in [3.05, 3.63) is 51.9 Å². The fourth-order valence-corrected chi connectivity index (χ4v) is 1.64. The summed E-state index contributed by atoms with van der Waals surface area (Å²) in [6.45, 7) is 2.16. The number of hydrogen-bond donors (Lipinski definition) is 0. The summed E-state index contributed by atoms with van der Waals surface area (Å²) >= 11 is 11.9. The smallest absolute Gasteiger partial charge is 0.221 e. The molecule has 0 amide bonds. The molecule has 1 heterocycles. The van der Waals surface area contributed by atoms with Crippen LogP contribution >= 0.6 is 23.2 Å². The molecule has 2 aromatic rings. The Bertz CT molecular complexity index is 532. The summed E-state index contributed by atoms with van der Waals surface area (Å²) in [5.74, 6) is 0.477. The van der Waals surface area contributed by atoms with Crippen LogP contribution in [0.25, 0.3) is 0 Å². The van der Waals surface area contributed by atoms with Gasteiger partial charge in [0.05, 0.1) is 0 Å². The van der Waals surface area contributed by atoms with E-state index in [1.165, 1.54) is 6.33 Å². The number of rotatable bonds is 3. The fourth-order valence-electron chi connectivity index (χ4n) is 1.32. The Morgan fingerprint density at radius 3 is 2.71 bits per heavy atom. The molecule has 1 aromatic carbocycles. The third-order valence-electron chi connectivity index (χ3n) is 2.30. The number of hydrogen-bond acceptors (Lipinski definition) is 3. The lowest BCUT2D eigenvalue weighted by molar-refractivity contribution is 0.291. The minimum Gasteiger partial charge on any atom is -0.472 e. The van der Waals surface area contributed by atoms with Crippen molar-refractivity contribution in [1.29, 1.82) is 0 Å². The number of aromatic nitrogens is 2. The summed E-state index contributed by atoms with van der Waals surface area (Å²) in [5.41, 5.74) is 1.63. The molecule has 0 atom stereocenters. The topological polar surface area (TPSA) is 35.0 Å². The van der Waals surface area contributed by atoms with E-state index in [-0.39, 0.29) is 0 Å². The molecule has 0 N–H and O–H groups in total. The van der Waals surface area contributed by atoms with Gasteiger partial charge < -0.3 is 4.74 Å². The van der Waals surface area contributed by atoms with E-state index in [1.807, 2.05) is 31.2 Å². The minimum absolute atomic E-state index is 0.355. The van der Waals surface area contributed by atoms with Gasteiger partial charge in [-0.3, -0.25) is 0 Å². The van der Waals surface area contributed by atoms with E-state index >= 15 is 0 Å². The quantitative estimate of drug-likeness (QED) is 0.797. The van der Waals surface area contributed by atoms with Crippen LogP contribution in [0.3, 0.4) is 0 Å². The van der Waals surface area contributed by atoms with E-state index in [2.05, 4.69) is 9.97 Å². The van der Waals surface area contributed by atoms with Crippen LogP contribution in [0.15, 0.2) is 30.6 Å². The van der Waals surface area contributed by atoms with E-state index in [0.717, 1.165) is 11.1 Å². The maximum absolute atomic E-state index is 6.02. The van der Waals surface area contributed by atoms with Gasteiger partial charge in [0.1, 0.15) is 18.1 Å². The van der Waals surface area contributed by atoms with Gasteiger partial charge in [-0.2, -0.15) is 0 Å². The standard InChI is InChI=1S/C12H10Cl2N2O/c1-8-11(14)15-7-16-12(8)17-6-9-4-2-3-5-10(9)13/h2-5,7H,6H2,1H3. The molecule has 1 aromatic heterocycles. The average Bonchev–Trinajstić information content (AvgIpc) is 2.33. The van der Waals surface area contributed by atoms with Gasteiger partial charge in [-0.1, -0.05) is 41.4 Å². The molecule has 5 heteroatoms. The van der Waals surface area contributed by atoms with Gasteiger partial charge in [-0.05, 0) is 13.0 Å². The summed E-state index contributed by atoms with van der Waals surface area (Å²) in [6.07, 6.45) is 1.37. The molecule has 3 nitrogen and oxygen atoms in total. The third-order valence-corrected chi connectivity index (χ3v) is 3.05. The molecule has 88 valence electrons. The molecule has 0 unspecified atom stereocenters. The first-order valence-electron chi connectivity index (χ1n) is 5.02. The molecule has 0 aliphatic heterocycles. The second kappa shape index (κ2) is 5.34. The molecule has 0 fully saturated rings. The zero-order chi connectivity index (χ0) is 12.3. The van der Waals surface area contributed by atoms with Gasteiger partial charge in [-0.15, -0.1) is 0 Å². The first-order valence-corrected chi connectivity index (χ1v) is 5.77. The van der Waals surface area contributed by atoms with Crippen molar-refractivity contribution in [2.45, 2.75) is 13.5 Å². The summed E-state index contributed by atoms with van der Waals surface area (Å²) in [6, 6.07) is 7.50. The van der Waals surface area contributed by atoms with Gasteiger partial charge in [0.2, 0.25) is 5.88 Å². The van der Waals surface area contributed by atoms with Crippen molar-refractivity contribution in [3.63, 3.8) is 0 Å². The molecular weight excluding hydrogens is 259 g/mol. The van der Waals surface area contributed by atoms with Crippen molar-refractivity contribution in [3.8, 4) is 5.88 Å². The molecule has 0 bridgehead atoms. The molecule has 0 radical (unpaired) electrons. The Morgan fingerprint density at radius 1 is 1.18 bits per heavy atom. The largest absolute Gasteiger partial charge is 0.472 e. The third kappa shape index (κ3) is 2.87. The van der Waals surface area contributed by atoms with E-state index in [9.17, 15) is 0 Å². The van der Waals surface area contributed by atoms with E-state index in [0.29, 0.717) is 22.7 Å². The van der Waals surface area contributed by atoms with Crippen LogP contribution in [0.2, 0.25) is 10.2 Å². The maximum atomic E-state index is 6.02. The molecule has 0 saturated carbocycles. The number of nitrogens with zero attached hydrogens (tertiary/aromatic N) is 2. The fraction of sp³-hybridized carbons (Fsp3) is 0.167. The normalized spacial score (nSPS) is 10.3. The SMILES string of the molecule is Cc1c(Cl)ncnc1OCc1ccccc1Cl. The highest BCUT2D eigenvalue weighted by Crippen LogP contribution is 2.22. The highest BCUT2D eigenvalue weighted by molar-refractivity contribution is 6.31. The lowest BCUT2D eigenvalue weighted by Gasteiger charge is -2.09. The summed E-state index contributed by atoms with van der Waals surface area (Å²) in [7, 11) is 0. The first kappa shape index (κ1) is 12.1. The van der Waals surface area contributed by atoms with Crippen LogP contribution in [0.1, 0.15) is 11.1 Å². The Hall–Kier alpha value is -1.32. The predicted molar refractivity (Wildman–Crippen MR) is 67.6 cm³/mol. The van der Waals surface area contributed by atoms with E-state index in [1.54, 1.807) is 0 Å². The molecule has 0 spiro atoms. The molecule has 2 rings (SSSR count). The summed E-state index contributed by atoms with van der Waals surface area (Å²) in [5, 5.41) is 1.07. The van der Waals surface area contributed by atoms with Crippen molar-refractivity contribution in [2.75, 3.05) is 0 Å². The lowest BCUT2D eigenvalue weighted by Crippen LogP contribution is -2.00. The molecule has 17 heavy (non-hydrogen) atoms. The van der Waals surface area contributed by atoms with Crippen LogP contribution in [0, 0.1) is 6.92 Å². The maximum Gasteiger partial charge on any atom is 0.221 e. The summed E-state index contributed by atoms with van der Waals surface area (Å²) < 4.78 is 5.56. The van der Waals surface area contributed by atoms with Crippen LogP contribution < -0.4 is 4.74 Å². The van der Waals surface area contributed by atoms with Crippen molar-refractivity contribution < 1.29 is 4.74 Å². The monoisotopic (exact) mass is 268 g/mol. The number of benzene rings is 1. The second-order valence-corrected chi connectivity index (χ2v) is 4.24. The zero-order valence-corrected chi connectivity index (χ0v) is 10.7. The number of ether oxygens (including phenoxy) is 1. The van der Waals surface area contributed by atoms with E-state index in [4.69, 9.17) is 27.9 Å². The van der Waals surface area contributed by atoms with Gasteiger partial charge in [0.25, 0.3) is 0 Å². The Kier molecular flexibility index (Phi) is 3.82. The van der Waals surface area contributed by atoms with E-state index < -0.39 is 0 Å². The average molecular weight is 269 g/mol. The number of halogens is 2. The Balaban J connectivity index is 2.13. The molecule has 0 saturated heterocycles. The van der Waals surface area contributed by atoms with Crippen molar-refractivity contribution in [1.82, 2.24) is 9.97 Å². The van der Waals surface area contributed by atoms with Crippen LogP contribution in [-0.2, 0) is 6.61 Å². The Morgan fingerprint density at radius 2 is 1.94 bits per heavy atom. The van der Waals surface area contributed by atoms with Gasteiger partial charge in [0.15, 0.2) is 0 Å². The van der Waals surface area contributed by atoms with Crippen LogP contribution in [0.5, 0.6) is 5.88 Å². The molecular formula is C12H10Cl2N2O. The van der Waals surface area contributed by atoms with Gasteiger partial charge >= 0.3 is 0 Å². The lowest BCUT2D eigenvalue weighted by atomic mass is 10.2. The second-order valence-electron chi connectivity index (χ2n) is 3.47.